The van der Waals surface area contributed by atoms with Crippen LogP contribution in [0.15, 0.2) is 72.1 Å². The quantitative estimate of drug-likeness (QED) is 0.399. The predicted octanol–water partition coefficient (Wildman–Crippen LogP) is 4.98. The van der Waals surface area contributed by atoms with Crippen molar-refractivity contribution in [3.05, 3.63) is 88.4 Å². The summed E-state index contributed by atoms with van der Waals surface area (Å²) in [5, 5.41) is 1.96. The Morgan fingerprint density at radius 3 is 2.27 bits per heavy atom. The van der Waals surface area contributed by atoms with E-state index in [2.05, 4.69) is 0 Å². The molecule has 0 unspecified atom stereocenters. The zero-order valence-electron chi connectivity index (χ0n) is 18.9. The van der Waals surface area contributed by atoms with Crippen molar-refractivity contribution in [3.63, 3.8) is 0 Å². The Morgan fingerprint density at radius 2 is 1.64 bits per heavy atom. The van der Waals surface area contributed by atoms with Crippen LogP contribution in [0.25, 0.3) is 0 Å². The highest BCUT2D eigenvalue weighted by Crippen LogP contribution is 2.16. The number of benzene rings is 2. The number of nitrogens with zero attached hydrogens (tertiary/aromatic N) is 2. The molecule has 0 fully saturated rings. The lowest BCUT2D eigenvalue weighted by atomic mass is 10.2. The molecule has 33 heavy (non-hydrogen) atoms. The molecule has 2 amide bonds. The first-order chi connectivity index (χ1) is 15.9. The van der Waals surface area contributed by atoms with E-state index in [1.165, 1.54) is 12.1 Å². The van der Waals surface area contributed by atoms with E-state index in [1.54, 1.807) is 45.4 Å². The second-order valence-electron chi connectivity index (χ2n) is 8.23. The first-order valence-corrected chi connectivity index (χ1v) is 11.8. The number of para-hydroxylation sites is 1. The lowest BCUT2D eigenvalue weighted by molar-refractivity contribution is -0.142. The number of hydrogen-bond donors (Lipinski definition) is 0. The maximum absolute atomic E-state index is 13.3. The summed E-state index contributed by atoms with van der Waals surface area (Å²) in [4.78, 5) is 30.6. The Morgan fingerprint density at radius 1 is 0.909 bits per heavy atom. The molecule has 0 aliphatic heterocycles. The van der Waals surface area contributed by atoms with E-state index < -0.39 is 0 Å². The third kappa shape index (κ3) is 8.02. The second kappa shape index (κ2) is 12.2. The van der Waals surface area contributed by atoms with Crippen molar-refractivity contribution in [2.45, 2.75) is 26.9 Å². The first kappa shape index (κ1) is 24.5. The van der Waals surface area contributed by atoms with Gasteiger partial charge in [-0.3, -0.25) is 9.59 Å². The highest BCUT2D eigenvalue weighted by Gasteiger charge is 2.23. The second-order valence-corrected chi connectivity index (χ2v) is 9.26. The zero-order chi connectivity index (χ0) is 23.6. The standard InChI is InChI=1S/C26H29FN2O3S/c1-20(2)15-28(26(31)19-32-23-7-4-3-5-8-23)18-25(30)29(17-24-9-6-14-33-24)16-21-10-12-22(27)13-11-21/h3-14,20H,15-19H2,1-2H3. The largest absolute Gasteiger partial charge is 0.484 e. The minimum atomic E-state index is -0.318. The first-order valence-electron chi connectivity index (χ1n) is 10.9. The van der Waals surface area contributed by atoms with Gasteiger partial charge >= 0.3 is 0 Å². The maximum atomic E-state index is 13.3. The molecule has 5 nitrogen and oxygen atoms in total. The van der Waals surface area contributed by atoms with Gasteiger partial charge in [0.05, 0.1) is 13.1 Å². The number of hydrogen-bond acceptors (Lipinski definition) is 4. The number of carbonyl (C=O) groups is 2. The van der Waals surface area contributed by atoms with E-state index in [9.17, 15) is 14.0 Å². The Labute approximate surface area is 198 Å². The average Bonchev–Trinajstić information content (AvgIpc) is 3.31. The molecular formula is C26H29FN2O3S. The summed E-state index contributed by atoms with van der Waals surface area (Å²) in [6.07, 6.45) is 0. The number of ether oxygens (including phenoxy) is 1. The molecule has 1 aromatic heterocycles. The van der Waals surface area contributed by atoms with Gasteiger partial charge in [-0.2, -0.15) is 0 Å². The third-order valence-corrected chi connectivity index (χ3v) is 5.80. The number of carbonyl (C=O) groups excluding carboxylic acids is 2. The topological polar surface area (TPSA) is 49.9 Å². The molecule has 1 heterocycles. The molecule has 0 aliphatic rings. The Hall–Kier alpha value is -3.19. The fourth-order valence-electron chi connectivity index (χ4n) is 3.34. The molecule has 0 aliphatic carbocycles. The molecule has 0 bridgehead atoms. The predicted molar refractivity (Wildman–Crippen MR) is 128 cm³/mol. The zero-order valence-corrected chi connectivity index (χ0v) is 19.8. The number of amides is 2. The van der Waals surface area contributed by atoms with Crippen LogP contribution in [0, 0.1) is 11.7 Å². The van der Waals surface area contributed by atoms with E-state index in [1.807, 2.05) is 49.6 Å². The summed E-state index contributed by atoms with van der Waals surface area (Å²) >= 11 is 1.57. The fourth-order valence-corrected chi connectivity index (χ4v) is 4.06. The summed E-state index contributed by atoms with van der Waals surface area (Å²) < 4.78 is 18.9. The van der Waals surface area contributed by atoms with E-state index in [4.69, 9.17) is 4.74 Å². The van der Waals surface area contributed by atoms with Crippen molar-refractivity contribution in [2.75, 3.05) is 19.7 Å². The minimum Gasteiger partial charge on any atom is -0.484 e. The highest BCUT2D eigenvalue weighted by atomic mass is 32.1. The van der Waals surface area contributed by atoms with E-state index in [0.717, 1.165) is 10.4 Å². The lowest BCUT2D eigenvalue weighted by Crippen LogP contribution is -2.45. The van der Waals surface area contributed by atoms with Crippen LogP contribution in [0.4, 0.5) is 4.39 Å². The van der Waals surface area contributed by atoms with Gasteiger partial charge in [0.1, 0.15) is 11.6 Å². The van der Waals surface area contributed by atoms with Gasteiger partial charge in [0.2, 0.25) is 5.91 Å². The molecule has 7 heteroatoms. The maximum Gasteiger partial charge on any atom is 0.260 e. The Kier molecular flexibility index (Phi) is 9.01. The molecule has 174 valence electrons. The van der Waals surface area contributed by atoms with Gasteiger partial charge in [-0.05, 0) is 47.2 Å². The summed E-state index contributed by atoms with van der Waals surface area (Å²) in [7, 11) is 0. The van der Waals surface area contributed by atoms with E-state index in [-0.39, 0.29) is 36.7 Å². The van der Waals surface area contributed by atoms with Gasteiger partial charge < -0.3 is 14.5 Å². The average molecular weight is 469 g/mol. The van der Waals surface area contributed by atoms with Crippen LogP contribution in [0.3, 0.4) is 0 Å². The van der Waals surface area contributed by atoms with Gasteiger partial charge in [-0.1, -0.05) is 50.2 Å². The molecule has 0 N–H and O–H groups in total. The van der Waals surface area contributed by atoms with Crippen molar-refractivity contribution in [2.24, 2.45) is 5.92 Å². The number of rotatable bonds is 11. The van der Waals surface area contributed by atoms with E-state index in [0.29, 0.717) is 25.4 Å². The molecule has 3 aromatic rings. The summed E-state index contributed by atoms with van der Waals surface area (Å²) in [5.41, 5.74) is 0.829. The van der Waals surface area contributed by atoms with Crippen LogP contribution >= 0.6 is 11.3 Å². The Bertz CT molecular complexity index is 1010. The van der Waals surface area contributed by atoms with Crippen molar-refractivity contribution in [1.82, 2.24) is 9.80 Å². The van der Waals surface area contributed by atoms with Crippen LogP contribution in [0.5, 0.6) is 5.75 Å². The molecule has 3 rings (SSSR count). The SMILES string of the molecule is CC(C)CN(CC(=O)N(Cc1ccc(F)cc1)Cc1cccs1)C(=O)COc1ccccc1. The summed E-state index contributed by atoms with van der Waals surface area (Å²) in [5.74, 6) is 0.0841. The van der Waals surface area contributed by atoms with Crippen LogP contribution in [-0.2, 0) is 22.7 Å². The van der Waals surface area contributed by atoms with Gasteiger partial charge in [-0.25, -0.2) is 4.39 Å². The van der Waals surface area contributed by atoms with Gasteiger partial charge in [0.25, 0.3) is 5.91 Å². The monoisotopic (exact) mass is 468 g/mol. The fraction of sp³-hybridized carbons (Fsp3) is 0.308. The lowest BCUT2D eigenvalue weighted by Gasteiger charge is -2.28. The van der Waals surface area contributed by atoms with Gasteiger partial charge in [0, 0.05) is 18.0 Å². The van der Waals surface area contributed by atoms with Crippen molar-refractivity contribution >= 4 is 23.2 Å². The molecule has 0 spiro atoms. The smallest absolute Gasteiger partial charge is 0.260 e. The van der Waals surface area contributed by atoms with Crippen LogP contribution < -0.4 is 4.74 Å². The van der Waals surface area contributed by atoms with Gasteiger partial charge in [-0.15, -0.1) is 11.3 Å². The Balaban J connectivity index is 1.70. The van der Waals surface area contributed by atoms with Crippen LogP contribution in [-0.4, -0.2) is 41.3 Å². The number of thiophene rings is 1. The molecule has 0 saturated carbocycles. The molecule has 0 radical (unpaired) electrons. The molecule has 0 atom stereocenters. The summed E-state index contributed by atoms with van der Waals surface area (Å²) in [6, 6.07) is 19.2. The highest BCUT2D eigenvalue weighted by molar-refractivity contribution is 7.09. The third-order valence-electron chi connectivity index (χ3n) is 4.94. The summed E-state index contributed by atoms with van der Waals surface area (Å²) in [6.45, 7) is 5.05. The van der Waals surface area contributed by atoms with E-state index >= 15 is 0 Å². The van der Waals surface area contributed by atoms with Crippen LogP contribution in [0.1, 0.15) is 24.3 Å². The van der Waals surface area contributed by atoms with Crippen molar-refractivity contribution in [1.29, 1.82) is 0 Å². The van der Waals surface area contributed by atoms with Crippen molar-refractivity contribution < 1.29 is 18.7 Å². The van der Waals surface area contributed by atoms with Gasteiger partial charge in [0.15, 0.2) is 6.61 Å². The molecule has 0 saturated heterocycles. The van der Waals surface area contributed by atoms with Crippen LogP contribution in [0.2, 0.25) is 0 Å². The molecule has 2 aromatic carbocycles. The van der Waals surface area contributed by atoms with Crippen molar-refractivity contribution in [3.8, 4) is 5.75 Å². The molecular weight excluding hydrogens is 439 g/mol. The normalized spacial score (nSPS) is 10.8. The number of halogens is 1. The minimum absolute atomic E-state index is 0.0399.